The highest BCUT2D eigenvalue weighted by Crippen LogP contribution is 2.28. The van der Waals surface area contributed by atoms with Gasteiger partial charge in [0.05, 0.1) is 0 Å². The number of amides is 1. The van der Waals surface area contributed by atoms with E-state index in [1.54, 1.807) is 12.1 Å². The second kappa shape index (κ2) is 7.46. The Morgan fingerprint density at radius 3 is 2.88 bits per heavy atom. The number of nitrogens with one attached hydrogen (secondary N) is 1. The molecule has 1 amide bonds. The Hall–Kier alpha value is -1.70. The minimum absolute atomic E-state index is 0.146. The van der Waals surface area contributed by atoms with Gasteiger partial charge in [-0.3, -0.25) is 0 Å². The molecule has 0 heterocycles. The zero-order valence-corrected chi connectivity index (χ0v) is 15.1. The van der Waals surface area contributed by atoms with Crippen LogP contribution in [0.5, 0.6) is 0 Å². The van der Waals surface area contributed by atoms with Gasteiger partial charge in [-0.15, -0.1) is 0 Å². The summed E-state index contributed by atoms with van der Waals surface area (Å²) in [5, 5.41) is 14.2. The van der Waals surface area contributed by atoms with Crippen molar-refractivity contribution in [2.45, 2.75) is 63.7 Å². The van der Waals surface area contributed by atoms with Gasteiger partial charge < -0.3 is 15.2 Å². The lowest BCUT2D eigenvalue weighted by molar-refractivity contribution is 0.0307. The zero-order chi connectivity index (χ0) is 17.8. The number of carbonyl (C=O) groups excluding carboxylic acids is 1. The molecule has 1 aliphatic carbocycles. The standard InChI is InChI=1S/C19H24ClNO3/c1-18(2,3)24-17(22)21-16-8-5-10-19(23,13-16)11-9-14-6-4-7-15(20)12-14/h4,6-7,12,16,23H,5,8,10,13H2,1-3H3,(H,21,22)/t16-,19?/m1/s1. The predicted molar refractivity (Wildman–Crippen MR) is 94.9 cm³/mol. The molecule has 1 unspecified atom stereocenters. The van der Waals surface area contributed by atoms with Gasteiger partial charge in [-0.2, -0.15) is 0 Å². The number of benzene rings is 1. The van der Waals surface area contributed by atoms with E-state index in [1.807, 2.05) is 32.9 Å². The zero-order valence-electron chi connectivity index (χ0n) is 14.4. The second-order valence-electron chi connectivity index (χ2n) is 7.23. The maximum Gasteiger partial charge on any atom is 0.407 e. The molecule has 0 spiro atoms. The largest absolute Gasteiger partial charge is 0.444 e. The van der Waals surface area contributed by atoms with Crippen molar-refractivity contribution in [1.29, 1.82) is 0 Å². The van der Waals surface area contributed by atoms with Gasteiger partial charge in [0.2, 0.25) is 0 Å². The van der Waals surface area contributed by atoms with Crippen LogP contribution in [0, 0.1) is 11.8 Å². The fourth-order valence-corrected chi connectivity index (χ4v) is 2.91. The van der Waals surface area contributed by atoms with Crippen LogP contribution in [0.2, 0.25) is 5.02 Å². The average molecular weight is 350 g/mol. The molecule has 5 heteroatoms. The molecular weight excluding hydrogens is 326 g/mol. The quantitative estimate of drug-likeness (QED) is 0.756. The number of halogens is 1. The van der Waals surface area contributed by atoms with Gasteiger partial charge in [-0.25, -0.2) is 4.79 Å². The van der Waals surface area contributed by atoms with Crippen molar-refractivity contribution in [2.24, 2.45) is 0 Å². The third kappa shape index (κ3) is 6.07. The molecule has 2 N–H and O–H groups in total. The Morgan fingerprint density at radius 1 is 1.46 bits per heavy atom. The molecule has 1 fully saturated rings. The lowest BCUT2D eigenvalue weighted by Crippen LogP contribution is -2.46. The molecule has 0 aromatic heterocycles. The highest BCUT2D eigenvalue weighted by atomic mass is 35.5. The third-order valence-corrected chi connectivity index (χ3v) is 3.95. The first kappa shape index (κ1) is 18.6. The summed E-state index contributed by atoms with van der Waals surface area (Å²) in [6.45, 7) is 5.46. The summed E-state index contributed by atoms with van der Waals surface area (Å²) in [7, 11) is 0. The topological polar surface area (TPSA) is 58.6 Å². The van der Waals surface area contributed by atoms with Gasteiger partial charge in [0.25, 0.3) is 0 Å². The molecule has 1 aliphatic rings. The van der Waals surface area contributed by atoms with Crippen molar-refractivity contribution in [3.63, 3.8) is 0 Å². The van der Waals surface area contributed by atoms with Crippen molar-refractivity contribution in [3.05, 3.63) is 34.9 Å². The summed E-state index contributed by atoms with van der Waals surface area (Å²) in [6, 6.07) is 7.07. The summed E-state index contributed by atoms with van der Waals surface area (Å²) in [5.41, 5.74) is -0.889. The molecule has 0 bridgehead atoms. The molecule has 2 rings (SSSR count). The van der Waals surface area contributed by atoms with Gasteiger partial charge >= 0.3 is 6.09 Å². The second-order valence-corrected chi connectivity index (χ2v) is 7.67. The highest BCUT2D eigenvalue weighted by Gasteiger charge is 2.34. The number of carbonyl (C=O) groups is 1. The summed E-state index contributed by atoms with van der Waals surface area (Å²) in [6.07, 6.45) is 2.12. The first-order valence-corrected chi connectivity index (χ1v) is 8.54. The average Bonchev–Trinajstić information content (AvgIpc) is 2.43. The minimum Gasteiger partial charge on any atom is -0.444 e. The molecule has 0 radical (unpaired) electrons. The van der Waals surface area contributed by atoms with Gasteiger partial charge in [0, 0.05) is 23.0 Å². The SMILES string of the molecule is CC(C)(C)OC(=O)N[C@@H]1CCCC(O)(C#Cc2cccc(Cl)c2)C1. The van der Waals surface area contributed by atoms with Crippen molar-refractivity contribution >= 4 is 17.7 Å². The van der Waals surface area contributed by atoms with Crippen LogP contribution in [0.25, 0.3) is 0 Å². The summed E-state index contributed by atoms with van der Waals surface area (Å²) >= 11 is 5.94. The van der Waals surface area contributed by atoms with Crippen molar-refractivity contribution in [1.82, 2.24) is 5.32 Å². The van der Waals surface area contributed by atoms with E-state index >= 15 is 0 Å². The Bertz CT molecular complexity index is 657. The van der Waals surface area contributed by atoms with Crippen LogP contribution in [0.1, 0.15) is 52.0 Å². The normalized spacial score (nSPS) is 23.8. The number of hydrogen-bond donors (Lipinski definition) is 2. The van der Waals surface area contributed by atoms with E-state index in [0.717, 1.165) is 18.4 Å². The highest BCUT2D eigenvalue weighted by molar-refractivity contribution is 6.30. The Morgan fingerprint density at radius 2 is 2.21 bits per heavy atom. The lowest BCUT2D eigenvalue weighted by atomic mass is 9.82. The maximum atomic E-state index is 11.9. The maximum absolute atomic E-state index is 11.9. The Labute approximate surface area is 148 Å². The van der Waals surface area contributed by atoms with E-state index < -0.39 is 17.3 Å². The van der Waals surface area contributed by atoms with E-state index in [4.69, 9.17) is 16.3 Å². The van der Waals surface area contributed by atoms with Crippen LogP contribution >= 0.6 is 11.6 Å². The number of rotatable bonds is 1. The molecular formula is C19H24ClNO3. The van der Waals surface area contributed by atoms with Crippen LogP contribution in [0.4, 0.5) is 4.79 Å². The molecule has 0 saturated heterocycles. The molecule has 130 valence electrons. The lowest BCUT2D eigenvalue weighted by Gasteiger charge is -2.33. The summed E-state index contributed by atoms with van der Waals surface area (Å²) in [5.74, 6) is 5.93. The van der Waals surface area contributed by atoms with E-state index in [2.05, 4.69) is 17.2 Å². The van der Waals surface area contributed by atoms with E-state index in [0.29, 0.717) is 17.9 Å². The van der Waals surface area contributed by atoms with Crippen molar-refractivity contribution in [2.75, 3.05) is 0 Å². The van der Waals surface area contributed by atoms with E-state index in [9.17, 15) is 9.90 Å². The molecule has 0 aliphatic heterocycles. The number of hydrogen-bond acceptors (Lipinski definition) is 3. The third-order valence-electron chi connectivity index (χ3n) is 3.71. The minimum atomic E-state index is -1.11. The smallest absolute Gasteiger partial charge is 0.407 e. The van der Waals surface area contributed by atoms with Gasteiger partial charge in [0.1, 0.15) is 11.2 Å². The van der Waals surface area contributed by atoms with Crippen LogP contribution in [-0.4, -0.2) is 28.4 Å². The van der Waals surface area contributed by atoms with E-state index in [1.165, 1.54) is 0 Å². The Balaban J connectivity index is 2.00. The predicted octanol–water partition coefficient (Wildman–Crippen LogP) is 3.89. The first-order chi connectivity index (χ1) is 11.2. The number of aliphatic hydroxyl groups is 1. The summed E-state index contributed by atoms with van der Waals surface area (Å²) in [4.78, 5) is 11.9. The van der Waals surface area contributed by atoms with Crippen LogP contribution in [-0.2, 0) is 4.74 Å². The first-order valence-electron chi connectivity index (χ1n) is 8.16. The number of ether oxygens (including phenoxy) is 1. The van der Waals surface area contributed by atoms with Gasteiger partial charge in [-0.1, -0.05) is 29.5 Å². The Kier molecular flexibility index (Phi) is 5.79. The van der Waals surface area contributed by atoms with Gasteiger partial charge in [-0.05, 0) is 58.2 Å². The molecule has 24 heavy (non-hydrogen) atoms. The monoisotopic (exact) mass is 349 g/mol. The summed E-state index contributed by atoms with van der Waals surface area (Å²) < 4.78 is 5.27. The molecule has 4 nitrogen and oxygen atoms in total. The van der Waals surface area contributed by atoms with Gasteiger partial charge in [0.15, 0.2) is 0 Å². The van der Waals surface area contributed by atoms with Crippen LogP contribution in [0.3, 0.4) is 0 Å². The molecule has 1 aromatic carbocycles. The van der Waals surface area contributed by atoms with Crippen molar-refractivity contribution < 1.29 is 14.6 Å². The van der Waals surface area contributed by atoms with Crippen LogP contribution < -0.4 is 5.32 Å². The molecule has 1 saturated carbocycles. The molecule has 2 atom stereocenters. The van der Waals surface area contributed by atoms with Crippen LogP contribution in [0.15, 0.2) is 24.3 Å². The number of alkyl carbamates (subject to hydrolysis) is 1. The van der Waals surface area contributed by atoms with E-state index in [-0.39, 0.29) is 6.04 Å². The molecule has 1 aromatic rings. The fraction of sp³-hybridized carbons (Fsp3) is 0.526. The fourth-order valence-electron chi connectivity index (χ4n) is 2.72. The van der Waals surface area contributed by atoms with Crippen molar-refractivity contribution in [3.8, 4) is 11.8 Å².